The fourth-order valence-corrected chi connectivity index (χ4v) is 2.67. The Bertz CT molecular complexity index is 516. The lowest BCUT2D eigenvalue weighted by atomic mass is 10.1. The first kappa shape index (κ1) is 15.5. The van der Waals surface area contributed by atoms with Crippen LogP contribution in [0.25, 0.3) is 0 Å². The van der Waals surface area contributed by atoms with Gasteiger partial charge in [0.25, 0.3) is 12.3 Å². The lowest BCUT2D eigenvalue weighted by Crippen LogP contribution is -2.45. The molecule has 1 amide bonds. The molecule has 0 bridgehead atoms. The number of hydrogen-bond acceptors (Lipinski definition) is 2. The SMILES string of the molecule is O=C(O)C1CCCCCN1C(=O)c1cccn1CC(F)F. The molecule has 1 atom stereocenters. The van der Waals surface area contributed by atoms with Gasteiger partial charge in [0.05, 0.1) is 6.54 Å². The molecule has 116 valence electrons. The maximum absolute atomic E-state index is 12.5. The Labute approximate surface area is 121 Å². The quantitative estimate of drug-likeness (QED) is 0.927. The molecule has 0 aromatic carbocycles. The summed E-state index contributed by atoms with van der Waals surface area (Å²) in [6.45, 7) is -0.227. The summed E-state index contributed by atoms with van der Waals surface area (Å²) in [5.74, 6) is -1.54. The highest BCUT2D eigenvalue weighted by Crippen LogP contribution is 2.20. The van der Waals surface area contributed by atoms with Gasteiger partial charge in [-0.25, -0.2) is 13.6 Å². The molecule has 7 heteroatoms. The number of halogens is 2. The van der Waals surface area contributed by atoms with Gasteiger partial charge in [0.15, 0.2) is 0 Å². The summed E-state index contributed by atoms with van der Waals surface area (Å²) in [4.78, 5) is 25.2. The van der Waals surface area contributed by atoms with Crippen molar-refractivity contribution in [3.8, 4) is 0 Å². The van der Waals surface area contributed by atoms with Gasteiger partial charge < -0.3 is 14.6 Å². The van der Waals surface area contributed by atoms with Crippen molar-refractivity contribution in [3.05, 3.63) is 24.0 Å². The number of carbonyl (C=O) groups excluding carboxylic acids is 1. The number of aliphatic carboxylic acids is 1. The Morgan fingerprint density at radius 1 is 1.33 bits per heavy atom. The van der Waals surface area contributed by atoms with E-state index >= 15 is 0 Å². The Balaban J connectivity index is 2.24. The van der Waals surface area contributed by atoms with E-state index in [0.717, 1.165) is 19.3 Å². The van der Waals surface area contributed by atoms with E-state index in [1.54, 1.807) is 0 Å². The molecule has 2 heterocycles. The van der Waals surface area contributed by atoms with Crippen molar-refractivity contribution >= 4 is 11.9 Å². The van der Waals surface area contributed by atoms with Gasteiger partial charge in [0.2, 0.25) is 0 Å². The van der Waals surface area contributed by atoms with Crippen LogP contribution >= 0.6 is 0 Å². The monoisotopic (exact) mass is 300 g/mol. The van der Waals surface area contributed by atoms with Crippen molar-refractivity contribution < 1.29 is 23.5 Å². The summed E-state index contributed by atoms with van der Waals surface area (Å²) in [6.07, 6.45) is 1.59. The first-order valence-electron chi connectivity index (χ1n) is 6.97. The highest BCUT2D eigenvalue weighted by Gasteiger charge is 2.32. The molecule has 1 aromatic rings. The molecule has 0 radical (unpaired) electrons. The average molecular weight is 300 g/mol. The predicted molar refractivity (Wildman–Crippen MR) is 71.4 cm³/mol. The molecular formula is C14H18F2N2O3. The number of hydrogen-bond donors (Lipinski definition) is 1. The van der Waals surface area contributed by atoms with Gasteiger partial charge in [-0.15, -0.1) is 0 Å². The van der Waals surface area contributed by atoms with Crippen LogP contribution in [0.2, 0.25) is 0 Å². The van der Waals surface area contributed by atoms with E-state index in [1.807, 2.05) is 0 Å². The first-order valence-corrected chi connectivity index (χ1v) is 6.97. The number of alkyl halides is 2. The first-order chi connectivity index (χ1) is 10.0. The maximum Gasteiger partial charge on any atom is 0.326 e. The minimum absolute atomic E-state index is 0.114. The topological polar surface area (TPSA) is 62.5 Å². The van der Waals surface area contributed by atoms with Gasteiger partial charge in [0.1, 0.15) is 11.7 Å². The molecule has 1 unspecified atom stereocenters. The molecule has 0 aliphatic carbocycles. The number of aromatic nitrogens is 1. The van der Waals surface area contributed by atoms with E-state index < -0.39 is 30.9 Å². The van der Waals surface area contributed by atoms with Gasteiger partial charge in [-0.3, -0.25) is 4.79 Å². The smallest absolute Gasteiger partial charge is 0.326 e. The number of carbonyl (C=O) groups is 2. The van der Waals surface area contributed by atoms with Crippen LogP contribution in [0.1, 0.15) is 36.2 Å². The summed E-state index contributed by atoms with van der Waals surface area (Å²) in [5, 5.41) is 9.27. The second kappa shape index (κ2) is 6.69. The lowest BCUT2D eigenvalue weighted by Gasteiger charge is -2.27. The van der Waals surface area contributed by atoms with Gasteiger partial charge in [-0.1, -0.05) is 12.8 Å². The zero-order valence-electron chi connectivity index (χ0n) is 11.5. The summed E-state index contributed by atoms with van der Waals surface area (Å²) >= 11 is 0. The van der Waals surface area contributed by atoms with Crippen LogP contribution in [0.4, 0.5) is 8.78 Å². The zero-order chi connectivity index (χ0) is 15.4. The van der Waals surface area contributed by atoms with Crippen molar-refractivity contribution in [2.45, 2.75) is 44.7 Å². The Hall–Kier alpha value is -1.92. The minimum atomic E-state index is -2.57. The van der Waals surface area contributed by atoms with Crippen molar-refractivity contribution in [3.63, 3.8) is 0 Å². The second-order valence-electron chi connectivity index (χ2n) is 5.14. The number of rotatable bonds is 4. The molecule has 2 rings (SSSR count). The third-order valence-electron chi connectivity index (χ3n) is 3.68. The lowest BCUT2D eigenvalue weighted by molar-refractivity contribution is -0.142. The Morgan fingerprint density at radius 2 is 2.10 bits per heavy atom. The van der Waals surface area contributed by atoms with Crippen LogP contribution < -0.4 is 0 Å². The Morgan fingerprint density at radius 3 is 2.76 bits per heavy atom. The standard InChI is InChI=1S/C14H18F2N2O3/c15-12(16)9-17-7-4-6-10(17)13(19)18-8-3-1-2-5-11(18)14(20)21/h4,6-7,11-12H,1-3,5,8-9H2,(H,20,21). The minimum Gasteiger partial charge on any atom is -0.480 e. The van der Waals surface area contributed by atoms with Gasteiger partial charge >= 0.3 is 5.97 Å². The van der Waals surface area contributed by atoms with Crippen LogP contribution in [0.5, 0.6) is 0 Å². The summed E-state index contributed by atoms with van der Waals surface area (Å²) in [5.41, 5.74) is 0.114. The summed E-state index contributed by atoms with van der Waals surface area (Å²) in [6, 6.07) is 2.09. The second-order valence-corrected chi connectivity index (χ2v) is 5.14. The van der Waals surface area contributed by atoms with E-state index in [2.05, 4.69) is 0 Å². The third-order valence-corrected chi connectivity index (χ3v) is 3.68. The van der Waals surface area contributed by atoms with Crippen LogP contribution in [0, 0.1) is 0 Å². The average Bonchev–Trinajstić information content (AvgIpc) is 2.72. The number of nitrogens with zero attached hydrogens (tertiary/aromatic N) is 2. The van der Waals surface area contributed by atoms with Gasteiger partial charge in [-0.05, 0) is 25.0 Å². The molecule has 0 saturated carbocycles. The highest BCUT2D eigenvalue weighted by atomic mass is 19.3. The number of amides is 1. The Kier molecular flexibility index (Phi) is 4.93. The van der Waals surface area contributed by atoms with Crippen molar-refractivity contribution in [1.82, 2.24) is 9.47 Å². The van der Waals surface area contributed by atoms with E-state index in [0.29, 0.717) is 13.0 Å². The molecule has 1 aliphatic rings. The van der Waals surface area contributed by atoms with Crippen LogP contribution in [0.15, 0.2) is 18.3 Å². The number of carboxylic acids is 1. The highest BCUT2D eigenvalue weighted by molar-refractivity contribution is 5.95. The summed E-state index contributed by atoms with van der Waals surface area (Å²) < 4.78 is 26.2. The normalized spacial score (nSPS) is 19.6. The van der Waals surface area contributed by atoms with Crippen LogP contribution in [-0.2, 0) is 11.3 Å². The van der Waals surface area contributed by atoms with E-state index in [9.17, 15) is 23.5 Å². The molecule has 1 aromatic heterocycles. The molecule has 21 heavy (non-hydrogen) atoms. The van der Waals surface area contributed by atoms with Crippen LogP contribution in [-0.4, -0.2) is 45.5 Å². The van der Waals surface area contributed by atoms with Gasteiger partial charge in [-0.2, -0.15) is 0 Å². The zero-order valence-corrected chi connectivity index (χ0v) is 11.5. The van der Waals surface area contributed by atoms with Crippen LogP contribution in [0.3, 0.4) is 0 Å². The van der Waals surface area contributed by atoms with Gasteiger partial charge in [0, 0.05) is 12.7 Å². The molecule has 0 spiro atoms. The van der Waals surface area contributed by atoms with Crippen molar-refractivity contribution in [1.29, 1.82) is 0 Å². The maximum atomic E-state index is 12.5. The van der Waals surface area contributed by atoms with Crippen molar-refractivity contribution in [2.75, 3.05) is 6.54 Å². The molecule has 1 saturated heterocycles. The van der Waals surface area contributed by atoms with Crippen molar-refractivity contribution in [2.24, 2.45) is 0 Å². The molecule has 1 fully saturated rings. The van der Waals surface area contributed by atoms with E-state index in [1.165, 1.54) is 27.8 Å². The summed E-state index contributed by atoms with van der Waals surface area (Å²) in [7, 11) is 0. The molecule has 1 aliphatic heterocycles. The molecule has 5 nitrogen and oxygen atoms in total. The predicted octanol–water partition coefficient (Wildman–Crippen LogP) is 2.22. The number of carboxylic acid groups (broad SMARTS) is 1. The fraction of sp³-hybridized carbons (Fsp3) is 0.571. The van der Waals surface area contributed by atoms with E-state index in [-0.39, 0.29) is 5.69 Å². The van der Waals surface area contributed by atoms with E-state index in [4.69, 9.17) is 0 Å². The molecule has 1 N–H and O–H groups in total. The number of likely N-dealkylation sites (tertiary alicyclic amines) is 1. The largest absolute Gasteiger partial charge is 0.480 e. The third kappa shape index (κ3) is 3.59. The fourth-order valence-electron chi connectivity index (χ4n) is 2.67. The molecular weight excluding hydrogens is 282 g/mol.